The highest BCUT2D eigenvalue weighted by atomic mass is 35.5. The third-order valence-corrected chi connectivity index (χ3v) is 2.38. The highest BCUT2D eigenvalue weighted by Gasteiger charge is 2.09. The molecular weight excluding hydrogens is 244 g/mol. The van der Waals surface area contributed by atoms with Crippen molar-refractivity contribution in [3.8, 4) is 0 Å². The van der Waals surface area contributed by atoms with Gasteiger partial charge >= 0.3 is 6.03 Å². The molecule has 7 heteroatoms. The van der Waals surface area contributed by atoms with E-state index in [0.717, 1.165) is 17.7 Å². The molecule has 0 spiro atoms. The number of nitrogens with one attached hydrogen (secondary N) is 2. The minimum atomic E-state index is -0.554. The quantitative estimate of drug-likeness (QED) is 0.775. The zero-order chi connectivity index (χ0) is 12.8. The van der Waals surface area contributed by atoms with Crippen molar-refractivity contribution in [2.75, 3.05) is 5.88 Å². The van der Waals surface area contributed by atoms with Crippen LogP contribution in [0.5, 0.6) is 0 Å². The summed E-state index contributed by atoms with van der Waals surface area (Å²) in [5.74, 6) is -0.758. The first-order valence-corrected chi connectivity index (χ1v) is 5.75. The first-order valence-electron chi connectivity index (χ1n) is 5.21. The van der Waals surface area contributed by atoms with Crippen LogP contribution >= 0.6 is 11.6 Å². The maximum absolute atomic E-state index is 11.3. The van der Waals surface area contributed by atoms with E-state index in [0.29, 0.717) is 6.54 Å². The molecule has 0 aliphatic carbocycles. The van der Waals surface area contributed by atoms with Crippen molar-refractivity contribution in [1.82, 2.24) is 20.4 Å². The minimum Gasteiger partial charge on any atom is -0.334 e. The second kappa shape index (κ2) is 6.24. The number of amides is 3. The minimum absolute atomic E-state index is 0.236. The lowest BCUT2D eigenvalue weighted by Crippen LogP contribution is -2.39. The number of carbonyl (C=O) groups is 2. The van der Waals surface area contributed by atoms with E-state index < -0.39 is 11.9 Å². The SMILES string of the molecule is CCc1nn(C)cc1CNC(=O)NC(=O)CCl. The molecule has 6 nitrogen and oxygen atoms in total. The molecule has 0 fully saturated rings. The Morgan fingerprint density at radius 1 is 1.53 bits per heavy atom. The van der Waals surface area contributed by atoms with E-state index in [1.807, 2.05) is 20.2 Å². The van der Waals surface area contributed by atoms with E-state index >= 15 is 0 Å². The van der Waals surface area contributed by atoms with E-state index in [2.05, 4.69) is 15.7 Å². The molecule has 0 aliphatic rings. The lowest BCUT2D eigenvalue weighted by Gasteiger charge is -2.04. The second-order valence-corrected chi connectivity index (χ2v) is 3.76. The monoisotopic (exact) mass is 258 g/mol. The summed E-state index contributed by atoms with van der Waals surface area (Å²) in [7, 11) is 1.82. The summed E-state index contributed by atoms with van der Waals surface area (Å²) in [5.41, 5.74) is 1.86. The van der Waals surface area contributed by atoms with Crippen LogP contribution in [0.3, 0.4) is 0 Å². The normalized spacial score (nSPS) is 10.1. The Morgan fingerprint density at radius 3 is 2.82 bits per heavy atom. The molecule has 0 saturated heterocycles. The lowest BCUT2D eigenvalue weighted by atomic mass is 10.2. The largest absolute Gasteiger partial charge is 0.334 e. The summed E-state index contributed by atoms with van der Waals surface area (Å²) < 4.78 is 1.69. The lowest BCUT2D eigenvalue weighted by molar-refractivity contribution is -0.117. The summed E-state index contributed by atoms with van der Waals surface area (Å²) in [6.07, 6.45) is 2.63. The van der Waals surface area contributed by atoms with Gasteiger partial charge in [-0.25, -0.2) is 4.79 Å². The van der Waals surface area contributed by atoms with Crippen LogP contribution < -0.4 is 10.6 Å². The topological polar surface area (TPSA) is 76.0 Å². The van der Waals surface area contributed by atoms with Crippen molar-refractivity contribution >= 4 is 23.5 Å². The number of hydrogen-bond donors (Lipinski definition) is 2. The van der Waals surface area contributed by atoms with Crippen LogP contribution in [0.1, 0.15) is 18.2 Å². The number of aromatic nitrogens is 2. The maximum atomic E-state index is 11.3. The van der Waals surface area contributed by atoms with Gasteiger partial charge < -0.3 is 5.32 Å². The van der Waals surface area contributed by atoms with Gasteiger partial charge in [-0.15, -0.1) is 11.6 Å². The van der Waals surface area contributed by atoms with E-state index in [-0.39, 0.29) is 5.88 Å². The number of halogens is 1. The average molecular weight is 259 g/mol. The molecule has 2 N–H and O–H groups in total. The number of nitrogens with zero attached hydrogens (tertiary/aromatic N) is 2. The standard InChI is InChI=1S/C10H15ClN4O2/c1-3-8-7(6-15(2)14-8)5-12-10(17)13-9(16)4-11/h6H,3-5H2,1-2H3,(H2,12,13,16,17). The van der Waals surface area contributed by atoms with Crippen molar-refractivity contribution in [2.24, 2.45) is 7.05 Å². The number of hydrogen-bond acceptors (Lipinski definition) is 3. The van der Waals surface area contributed by atoms with Crippen molar-refractivity contribution in [1.29, 1.82) is 0 Å². The Morgan fingerprint density at radius 2 is 2.24 bits per heavy atom. The van der Waals surface area contributed by atoms with Crippen LogP contribution in [-0.2, 0) is 24.8 Å². The van der Waals surface area contributed by atoms with Crippen LogP contribution in [0.15, 0.2) is 6.20 Å². The van der Waals surface area contributed by atoms with Crippen molar-refractivity contribution in [2.45, 2.75) is 19.9 Å². The molecule has 0 saturated carbocycles. The molecule has 1 heterocycles. The molecule has 1 aromatic heterocycles. The Hall–Kier alpha value is -1.56. The molecule has 0 radical (unpaired) electrons. The van der Waals surface area contributed by atoms with E-state index in [1.165, 1.54) is 0 Å². The molecule has 0 aromatic carbocycles. The Labute approximate surface area is 104 Å². The fraction of sp³-hybridized carbons (Fsp3) is 0.500. The zero-order valence-corrected chi connectivity index (χ0v) is 10.5. The molecule has 1 aromatic rings. The van der Waals surface area contributed by atoms with Crippen molar-refractivity contribution < 1.29 is 9.59 Å². The van der Waals surface area contributed by atoms with Gasteiger partial charge in [0, 0.05) is 25.4 Å². The number of urea groups is 1. The Kier molecular flexibility index (Phi) is 4.96. The number of alkyl halides is 1. The molecule has 1 rings (SSSR count). The van der Waals surface area contributed by atoms with Gasteiger partial charge in [-0.05, 0) is 6.42 Å². The van der Waals surface area contributed by atoms with Crippen LogP contribution in [0.2, 0.25) is 0 Å². The third kappa shape index (κ3) is 4.07. The predicted octanol–water partition coefficient (Wildman–Crippen LogP) is 0.547. The molecule has 0 unspecified atom stereocenters. The summed E-state index contributed by atoms with van der Waals surface area (Å²) in [5, 5.41) is 8.91. The van der Waals surface area contributed by atoms with Gasteiger partial charge in [0.15, 0.2) is 0 Å². The Bertz CT molecular complexity index is 416. The van der Waals surface area contributed by atoms with Gasteiger partial charge in [0.1, 0.15) is 5.88 Å². The molecule has 0 bridgehead atoms. The predicted molar refractivity (Wildman–Crippen MR) is 63.7 cm³/mol. The average Bonchev–Trinajstić information content (AvgIpc) is 2.66. The zero-order valence-electron chi connectivity index (χ0n) is 9.79. The molecule has 0 atom stereocenters. The van der Waals surface area contributed by atoms with Crippen LogP contribution in [0, 0.1) is 0 Å². The van der Waals surface area contributed by atoms with E-state index in [1.54, 1.807) is 4.68 Å². The summed E-state index contributed by atoms with van der Waals surface area (Å²) in [6, 6.07) is -0.554. The molecule has 94 valence electrons. The van der Waals surface area contributed by atoms with Crippen LogP contribution in [0.4, 0.5) is 4.79 Å². The first kappa shape index (κ1) is 13.5. The Balaban J connectivity index is 2.49. The third-order valence-electron chi connectivity index (χ3n) is 2.14. The van der Waals surface area contributed by atoms with E-state index in [4.69, 9.17) is 11.6 Å². The number of imide groups is 1. The molecule has 0 aliphatic heterocycles. The van der Waals surface area contributed by atoms with Crippen molar-refractivity contribution in [3.05, 3.63) is 17.5 Å². The summed E-state index contributed by atoms with van der Waals surface area (Å²) in [6.45, 7) is 2.32. The van der Waals surface area contributed by atoms with Crippen LogP contribution in [-0.4, -0.2) is 27.6 Å². The molecular formula is C10H15ClN4O2. The number of rotatable bonds is 4. The van der Waals surface area contributed by atoms with Crippen LogP contribution in [0.25, 0.3) is 0 Å². The van der Waals surface area contributed by atoms with Gasteiger partial charge in [0.25, 0.3) is 0 Å². The highest BCUT2D eigenvalue weighted by molar-refractivity contribution is 6.28. The second-order valence-electron chi connectivity index (χ2n) is 3.49. The van der Waals surface area contributed by atoms with Gasteiger partial charge in [0.2, 0.25) is 5.91 Å². The van der Waals surface area contributed by atoms with Gasteiger partial charge in [0.05, 0.1) is 5.69 Å². The fourth-order valence-electron chi connectivity index (χ4n) is 1.41. The fourth-order valence-corrected chi connectivity index (χ4v) is 1.48. The number of aryl methyl sites for hydroxylation is 2. The first-order chi connectivity index (χ1) is 8.06. The molecule has 3 amide bonds. The van der Waals surface area contributed by atoms with Gasteiger partial charge in [-0.2, -0.15) is 5.10 Å². The summed E-state index contributed by atoms with van der Waals surface area (Å²) >= 11 is 5.26. The summed E-state index contributed by atoms with van der Waals surface area (Å²) in [4.78, 5) is 22.1. The van der Waals surface area contributed by atoms with Gasteiger partial charge in [-0.3, -0.25) is 14.8 Å². The van der Waals surface area contributed by atoms with Crippen molar-refractivity contribution in [3.63, 3.8) is 0 Å². The maximum Gasteiger partial charge on any atom is 0.321 e. The van der Waals surface area contributed by atoms with E-state index in [9.17, 15) is 9.59 Å². The number of carbonyl (C=O) groups excluding carboxylic acids is 2. The van der Waals surface area contributed by atoms with Gasteiger partial charge in [-0.1, -0.05) is 6.92 Å². The highest BCUT2D eigenvalue weighted by Crippen LogP contribution is 2.06. The smallest absolute Gasteiger partial charge is 0.321 e. The molecule has 17 heavy (non-hydrogen) atoms.